The molecule has 5 heteroatoms. The predicted octanol–water partition coefficient (Wildman–Crippen LogP) is 3.98. The van der Waals surface area contributed by atoms with Gasteiger partial charge in [-0.1, -0.05) is 23.8 Å². The van der Waals surface area contributed by atoms with Crippen molar-refractivity contribution < 1.29 is 9.53 Å². The van der Waals surface area contributed by atoms with Crippen LogP contribution in [0.4, 0.5) is 11.4 Å². The molecule has 0 aliphatic carbocycles. The number of hydrogen-bond donors (Lipinski definition) is 2. The van der Waals surface area contributed by atoms with E-state index in [4.69, 9.17) is 17.0 Å². The summed E-state index contributed by atoms with van der Waals surface area (Å²) in [6.07, 6.45) is 0. The van der Waals surface area contributed by atoms with Gasteiger partial charge in [0.25, 0.3) is 0 Å². The average molecular weight is 314 g/mol. The Balaban J connectivity index is 2.00. The minimum Gasteiger partial charge on any atom is -0.462 e. The zero-order valence-corrected chi connectivity index (χ0v) is 13.4. The molecule has 2 rings (SSSR count). The average Bonchev–Trinajstić information content (AvgIpc) is 2.50. The molecule has 2 N–H and O–H groups in total. The van der Waals surface area contributed by atoms with Gasteiger partial charge in [0, 0.05) is 11.4 Å². The van der Waals surface area contributed by atoms with Crippen LogP contribution in [-0.4, -0.2) is 17.7 Å². The Morgan fingerprint density at radius 3 is 2.45 bits per heavy atom. The zero-order chi connectivity index (χ0) is 15.9. The van der Waals surface area contributed by atoms with Crippen molar-refractivity contribution in [3.63, 3.8) is 0 Å². The van der Waals surface area contributed by atoms with Gasteiger partial charge < -0.3 is 15.4 Å². The Labute approximate surface area is 135 Å². The molecule has 0 radical (unpaired) electrons. The number of hydrogen-bond acceptors (Lipinski definition) is 3. The van der Waals surface area contributed by atoms with E-state index in [1.807, 2.05) is 37.3 Å². The highest BCUT2D eigenvalue weighted by Gasteiger charge is 2.07. The van der Waals surface area contributed by atoms with Gasteiger partial charge in [0.1, 0.15) is 0 Å². The van der Waals surface area contributed by atoms with E-state index in [1.165, 1.54) is 5.56 Å². The first-order valence-corrected chi connectivity index (χ1v) is 7.41. The molecule has 0 spiro atoms. The van der Waals surface area contributed by atoms with Crippen molar-refractivity contribution in [3.8, 4) is 0 Å². The lowest BCUT2D eigenvalue weighted by Gasteiger charge is -2.11. The van der Waals surface area contributed by atoms with Crippen LogP contribution in [-0.2, 0) is 4.74 Å². The van der Waals surface area contributed by atoms with Crippen molar-refractivity contribution in [2.75, 3.05) is 17.2 Å². The SMILES string of the molecule is CCOC(=O)c1cccc(NC(=S)Nc2ccc(C)cc2)c1. The first-order chi connectivity index (χ1) is 10.6. The predicted molar refractivity (Wildman–Crippen MR) is 93.4 cm³/mol. The largest absolute Gasteiger partial charge is 0.462 e. The normalized spacial score (nSPS) is 9.91. The second-order valence-corrected chi connectivity index (χ2v) is 5.15. The van der Waals surface area contributed by atoms with Gasteiger partial charge >= 0.3 is 5.97 Å². The number of carbonyl (C=O) groups is 1. The Morgan fingerprint density at radius 1 is 1.09 bits per heavy atom. The van der Waals surface area contributed by atoms with Gasteiger partial charge in [-0.15, -0.1) is 0 Å². The van der Waals surface area contributed by atoms with Gasteiger partial charge in [-0.05, 0) is 56.4 Å². The molecule has 0 saturated heterocycles. The van der Waals surface area contributed by atoms with Crippen LogP contribution in [0.5, 0.6) is 0 Å². The molecule has 2 aromatic carbocycles. The first kappa shape index (κ1) is 16.0. The van der Waals surface area contributed by atoms with Crippen molar-refractivity contribution in [2.45, 2.75) is 13.8 Å². The minimum absolute atomic E-state index is 0.344. The molecular weight excluding hydrogens is 296 g/mol. The zero-order valence-electron chi connectivity index (χ0n) is 12.6. The highest BCUT2D eigenvalue weighted by molar-refractivity contribution is 7.80. The molecule has 0 saturated carbocycles. The summed E-state index contributed by atoms with van der Waals surface area (Å²) in [6, 6.07) is 15.0. The molecule has 22 heavy (non-hydrogen) atoms. The Kier molecular flexibility index (Phi) is 5.49. The summed E-state index contributed by atoms with van der Waals surface area (Å²) in [5.74, 6) is -0.344. The second-order valence-electron chi connectivity index (χ2n) is 4.75. The lowest BCUT2D eigenvalue weighted by atomic mass is 10.2. The highest BCUT2D eigenvalue weighted by Crippen LogP contribution is 2.13. The molecular formula is C17H18N2O2S. The van der Waals surface area contributed by atoms with Crippen molar-refractivity contribution in [2.24, 2.45) is 0 Å². The van der Waals surface area contributed by atoms with E-state index in [2.05, 4.69) is 10.6 Å². The summed E-state index contributed by atoms with van der Waals surface area (Å²) in [5, 5.41) is 6.61. The third-order valence-electron chi connectivity index (χ3n) is 2.94. The number of ether oxygens (including phenoxy) is 1. The maximum absolute atomic E-state index is 11.7. The summed E-state index contributed by atoms with van der Waals surface area (Å²) < 4.78 is 4.98. The van der Waals surface area contributed by atoms with Crippen LogP contribution in [0.25, 0.3) is 0 Å². The molecule has 0 bridgehead atoms. The highest BCUT2D eigenvalue weighted by atomic mass is 32.1. The van der Waals surface area contributed by atoms with Crippen molar-refractivity contribution in [3.05, 3.63) is 59.7 Å². The van der Waals surface area contributed by atoms with E-state index >= 15 is 0 Å². The van der Waals surface area contributed by atoms with Gasteiger partial charge in [-0.3, -0.25) is 0 Å². The Bertz CT molecular complexity index is 669. The molecule has 2 aromatic rings. The van der Waals surface area contributed by atoms with Gasteiger partial charge in [-0.25, -0.2) is 4.79 Å². The number of nitrogens with one attached hydrogen (secondary N) is 2. The maximum Gasteiger partial charge on any atom is 0.338 e. The number of esters is 1. The van der Waals surface area contributed by atoms with E-state index < -0.39 is 0 Å². The van der Waals surface area contributed by atoms with Crippen LogP contribution in [0.2, 0.25) is 0 Å². The summed E-state index contributed by atoms with van der Waals surface area (Å²) >= 11 is 5.27. The number of anilines is 2. The topological polar surface area (TPSA) is 50.4 Å². The molecule has 0 aliphatic heterocycles. The second kappa shape index (κ2) is 7.56. The quantitative estimate of drug-likeness (QED) is 0.660. The Hall–Kier alpha value is -2.40. The lowest BCUT2D eigenvalue weighted by Crippen LogP contribution is -2.19. The maximum atomic E-state index is 11.7. The third-order valence-corrected chi connectivity index (χ3v) is 3.15. The van der Waals surface area contributed by atoms with Crippen LogP contribution < -0.4 is 10.6 Å². The smallest absolute Gasteiger partial charge is 0.338 e. The fourth-order valence-corrected chi connectivity index (χ4v) is 2.10. The van der Waals surface area contributed by atoms with E-state index in [0.29, 0.717) is 17.3 Å². The van der Waals surface area contributed by atoms with E-state index in [-0.39, 0.29) is 5.97 Å². The van der Waals surface area contributed by atoms with Gasteiger partial charge in [0.2, 0.25) is 0 Å². The molecule has 0 aromatic heterocycles. The molecule has 0 heterocycles. The number of benzene rings is 2. The summed E-state index contributed by atoms with van der Waals surface area (Å²) in [6.45, 7) is 4.16. The number of thiocarbonyl (C=S) groups is 1. The number of carbonyl (C=O) groups excluding carboxylic acids is 1. The van der Waals surface area contributed by atoms with Crippen molar-refractivity contribution in [1.82, 2.24) is 0 Å². The van der Waals surface area contributed by atoms with Crippen LogP contribution in [0.15, 0.2) is 48.5 Å². The first-order valence-electron chi connectivity index (χ1n) is 7.00. The van der Waals surface area contributed by atoms with Gasteiger partial charge in [0.15, 0.2) is 5.11 Å². The molecule has 0 aliphatic rings. The van der Waals surface area contributed by atoms with Gasteiger partial charge in [0.05, 0.1) is 12.2 Å². The van der Waals surface area contributed by atoms with E-state index in [0.717, 1.165) is 11.4 Å². The Morgan fingerprint density at radius 2 is 1.77 bits per heavy atom. The third kappa shape index (κ3) is 4.56. The molecule has 0 amide bonds. The van der Waals surface area contributed by atoms with E-state index in [1.54, 1.807) is 25.1 Å². The van der Waals surface area contributed by atoms with Crippen LogP contribution in [0.3, 0.4) is 0 Å². The summed E-state index contributed by atoms with van der Waals surface area (Å²) in [4.78, 5) is 11.7. The van der Waals surface area contributed by atoms with Crippen molar-refractivity contribution in [1.29, 1.82) is 0 Å². The number of rotatable bonds is 4. The molecule has 0 fully saturated rings. The van der Waals surface area contributed by atoms with Gasteiger partial charge in [-0.2, -0.15) is 0 Å². The molecule has 4 nitrogen and oxygen atoms in total. The fourth-order valence-electron chi connectivity index (χ4n) is 1.87. The summed E-state index contributed by atoms with van der Waals surface area (Å²) in [7, 11) is 0. The van der Waals surface area contributed by atoms with Crippen molar-refractivity contribution >= 4 is 34.7 Å². The molecule has 114 valence electrons. The van der Waals surface area contributed by atoms with Crippen LogP contribution >= 0.6 is 12.2 Å². The monoisotopic (exact) mass is 314 g/mol. The lowest BCUT2D eigenvalue weighted by molar-refractivity contribution is 0.0526. The minimum atomic E-state index is -0.344. The van der Waals surface area contributed by atoms with Crippen LogP contribution in [0.1, 0.15) is 22.8 Å². The standard InChI is InChI=1S/C17H18N2O2S/c1-3-21-16(20)13-5-4-6-15(11-13)19-17(22)18-14-9-7-12(2)8-10-14/h4-11H,3H2,1-2H3,(H2,18,19,22). The van der Waals surface area contributed by atoms with Crippen LogP contribution in [0, 0.1) is 6.92 Å². The fraction of sp³-hybridized carbons (Fsp3) is 0.176. The summed E-state index contributed by atoms with van der Waals surface area (Å²) in [5.41, 5.74) is 3.32. The van der Waals surface area contributed by atoms with E-state index in [9.17, 15) is 4.79 Å². The molecule has 0 unspecified atom stereocenters. The molecule has 0 atom stereocenters. The number of aryl methyl sites for hydroxylation is 1.